The zero-order valence-electron chi connectivity index (χ0n) is 11.8. The largest absolute Gasteiger partial charge is 0.387 e. The van der Waals surface area contributed by atoms with E-state index in [0.29, 0.717) is 12.1 Å². The zero-order chi connectivity index (χ0) is 16.4. The highest BCUT2D eigenvalue weighted by molar-refractivity contribution is 7.89. The Morgan fingerprint density at radius 2 is 1.81 bits per heavy atom. The van der Waals surface area contributed by atoms with Crippen molar-refractivity contribution < 1.29 is 26.7 Å². The second-order valence-electron chi connectivity index (χ2n) is 5.23. The van der Waals surface area contributed by atoms with Gasteiger partial charge in [0, 0.05) is 13.1 Å². The van der Waals surface area contributed by atoms with Crippen LogP contribution >= 0.6 is 0 Å². The summed E-state index contributed by atoms with van der Waals surface area (Å²) >= 11 is 0. The molecule has 120 valence electrons. The monoisotopic (exact) mass is 326 g/mol. The minimum absolute atomic E-state index is 0.149. The summed E-state index contributed by atoms with van der Waals surface area (Å²) in [5.41, 5.74) is -1.41. The third kappa shape index (κ3) is 4.67. The molecule has 0 radical (unpaired) electrons. The van der Waals surface area contributed by atoms with Gasteiger partial charge in [-0.05, 0) is 33.2 Å². The molecule has 2 N–H and O–H groups in total. The van der Waals surface area contributed by atoms with Gasteiger partial charge in [0.2, 0.25) is 10.0 Å². The number of hydrogen-bond donors (Lipinski definition) is 2. The molecule has 0 aliphatic rings. The molecule has 0 heterocycles. The molecule has 0 aliphatic carbocycles. The summed E-state index contributed by atoms with van der Waals surface area (Å²) in [5, 5.41) is 9.97. The first-order valence-electron chi connectivity index (χ1n) is 5.96. The number of likely N-dealkylation sites (N-methyl/N-ethyl adjacent to an activating group) is 1. The predicted molar refractivity (Wildman–Crippen MR) is 70.7 cm³/mol. The molecule has 1 unspecified atom stereocenters. The maximum atomic E-state index is 13.5. The van der Waals surface area contributed by atoms with E-state index in [1.807, 2.05) is 4.72 Å². The Kier molecular flexibility index (Phi) is 5.37. The van der Waals surface area contributed by atoms with Crippen molar-refractivity contribution >= 4 is 10.0 Å². The third-order valence-electron chi connectivity index (χ3n) is 2.59. The number of hydrogen-bond acceptors (Lipinski definition) is 4. The van der Waals surface area contributed by atoms with E-state index < -0.39 is 44.5 Å². The van der Waals surface area contributed by atoms with Crippen molar-refractivity contribution in [2.75, 3.05) is 27.2 Å². The predicted octanol–water partition coefficient (Wildman–Crippen LogP) is 0.695. The van der Waals surface area contributed by atoms with Crippen molar-refractivity contribution in [3.05, 3.63) is 29.6 Å². The molecular weight excluding hydrogens is 309 g/mol. The molecule has 0 saturated carbocycles. The lowest BCUT2D eigenvalue weighted by molar-refractivity contribution is 0.0386. The Morgan fingerprint density at radius 1 is 1.24 bits per heavy atom. The minimum Gasteiger partial charge on any atom is -0.387 e. The zero-order valence-corrected chi connectivity index (χ0v) is 12.6. The van der Waals surface area contributed by atoms with Crippen molar-refractivity contribution in [3.8, 4) is 0 Å². The van der Waals surface area contributed by atoms with Gasteiger partial charge in [0.05, 0.1) is 5.60 Å². The number of rotatable bonds is 6. The number of benzene rings is 1. The van der Waals surface area contributed by atoms with Crippen LogP contribution < -0.4 is 4.72 Å². The van der Waals surface area contributed by atoms with Gasteiger partial charge in [0.15, 0.2) is 17.5 Å². The van der Waals surface area contributed by atoms with E-state index in [1.165, 1.54) is 6.92 Å². The molecule has 0 spiro atoms. The van der Waals surface area contributed by atoms with Crippen LogP contribution in [0.3, 0.4) is 0 Å². The van der Waals surface area contributed by atoms with Crippen LogP contribution in [-0.4, -0.2) is 51.2 Å². The summed E-state index contributed by atoms with van der Waals surface area (Å²) in [5.74, 6) is -5.14. The maximum absolute atomic E-state index is 13.5. The lowest BCUT2D eigenvalue weighted by Crippen LogP contribution is -2.47. The Hall–Kier alpha value is -1.16. The molecule has 0 amide bonds. The molecule has 1 atom stereocenters. The fraction of sp³-hybridized carbons (Fsp3) is 0.500. The molecule has 0 aromatic heterocycles. The van der Waals surface area contributed by atoms with Crippen LogP contribution in [0.2, 0.25) is 0 Å². The van der Waals surface area contributed by atoms with Crippen molar-refractivity contribution in [3.63, 3.8) is 0 Å². The number of halogens is 3. The first-order valence-corrected chi connectivity index (χ1v) is 7.45. The van der Waals surface area contributed by atoms with Crippen molar-refractivity contribution in [2.24, 2.45) is 0 Å². The Labute approximate surface area is 121 Å². The fourth-order valence-corrected chi connectivity index (χ4v) is 3.01. The molecule has 0 bridgehead atoms. The van der Waals surface area contributed by atoms with Crippen molar-refractivity contribution in [1.29, 1.82) is 0 Å². The number of sulfonamides is 1. The molecule has 9 heteroatoms. The first kappa shape index (κ1) is 17.9. The summed E-state index contributed by atoms with van der Waals surface area (Å²) in [6.07, 6.45) is 0. The number of aliphatic hydroxyl groups is 1. The Morgan fingerprint density at radius 3 is 2.33 bits per heavy atom. The van der Waals surface area contributed by atoms with Crippen molar-refractivity contribution in [1.82, 2.24) is 9.62 Å². The highest BCUT2D eigenvalue weighted by Gasteiger charge is 2.28. The third-order valence-corrected chi connectivity index (χ3v) is 4.01. The summed E-state index contributed by atoms with van der Waals surface area (Å²) in [6.45, 7) is 1.12. The summed E-state index contributed by atoms with van der Waals surface area (Å²) < 4.78 is 65.1. The summed E-state index contributed by atoms with van der Waals surface area (Å²) in [6, 6.07) is 1.14. The van der Waals surface area contributed by atoms with Crippen LogP contribution in [0.4, 0.5) is 13.2 Å². The van der Waals surface area contributed by atoms with Gasteiger partial charge in [-0.1, -0.05) is 0 Å². The van der Waals surface area contributed by atoms with Crippen LogP contribution in [0, 0.1) is 17.5 Å². The van der Waals surface area contributed by atoms with E-state index in [9.17, 15) is 26.7 Å². The Balaban J connectivity index is 2.96. The number of nitrogens with zero attached hydrogens (tertiary/aromatic N) is 1. The van der Waals surface area contributed by atoms with E-state index in [2.05, 4.69) is 0 Å². The van der Waals surface area contributed by atoms with Crippen LogP contribution in [-0.2, 0) is 10.0 Å². The molecule has 0 saturated heterocycles. The molecule has 0 aliphatic heterocycles. The van der Waals surface area contributed by atoms with Crippen LogP contribution in [0.25, 0.3) is 0 Å². The lowest BCUT2D eigenvalue weighted by Gasteiger charge is -2.27. The van der Waals surface area contributed by atoms with Gasteiger partial charge in [-0.15, -0.1) is 0 Å². The van der Waals surface area contributed by atoms with Gasteiger partial charge < -0.3 is 10.0 Å². The highest BCUT2D eigenvalue weighted by Crippen LogP contribution is 2.19. The van der Waals surface area contributed by atoms with Gasteiger partial charge in [-0.2, -0.15) is 0 Å². The SMILES string of the molecule is CN(C)CC(C)(O)CNS(=O)(=O)c1ccc(F)c(F)c1F. The molecule has 1 rings (SSSR count). The lowest BCUT2D eigenvalue weighted by atomic mass is 10.1. The second kappa shape index (κ2) is 6.30. The fourth-order valence-electron chi connectivity index (χ4n) is 1.78. The van der Waals surface area contributed by atoms with E-state index >= 15 is 0 Å². The summed E-state index contributed by atoms with van der Waals surface area (Å²) in [4.78, 5) is 0.619. The van der Waals surface area contributed by atoms with E-state index in [4.69, 9.17) is 0 Å². The normalized spacial score (nSPS) is 15.2. The van der Waals surface area contributed by atoms with Gasteiger partial charge in [0.1, 0.15) is 4.90 Å². The van der Waals surface area contributed by atoms with E-state index in [0.717, 1.165) is 0 Å². The smallest absolute Gasteiger partial charge is 0.243 e. The molecule has 5 nitrogen and oxygen atoms in total. The average Bonchev–Trinajstić information content (AvgIpc) is 2.32. The Bertz CT molecular complexity index is 618. The van der Waals surface area contributed by atoms with Crippen LogP contribution in [0.15, 0.2) is 17.0 Å². The topological polar surface area (TPSA) is 69.6 Å². The van der Waals surface area contributed by atoms with Gasteiger partial charge in [-0.3, -0.25) is 0 Å². The molecule has 1 aromatic rings. The molecule has 0 fully saturated rings. The van der Waals surface area contributed by atoms with Gasteiger partial charge >= 0.3 is 0 Å². The second-order valence-corrected chi connectivity index (χ2v) is 6.97. The van der Waals surface area contributed by atoms with Gasteiger partial charge in [0.25, 0.3) is 0 Å². The van der Waals surface area contributed by atoms with E-state index in [1.54, 1.807) is 19.0 Å². The average molecular weight is 326 g/mol. The summed E-state index contributed by atoms with van der Waals surface area (Å²) in [7, 11) is -1.05. The minimum atomic E-state index is -4.41. The molecular formula is C12H17F3N2O3S. The standard InChI is InChI=1S/C12H17F3N2O3S/c1-12(18,7-17(2)3)6-16-21(19,20)9-5-4-8(13)10(14)11(9)15/h4-5,16,18H,6-7H2,1-3H3. The number of nitrogens with one attached hydrogen (secondary N) is 1. The quantitative estimate of drug-likeness (QED) is 0.755. The van der Waals surface area contributed by atoms with Crippen LogP contribution in [0.5, 0.6) is 0 Å². The molecule has 1 aromatic carbocycles. The van der Waals surface area contributed by atoms with Crippen molar-refractivity contribution in [2.45, 2.75) is 17.4 Å². The van der Waals surface area contributed by atoms with Crippen LogP contribution in [0.1, 0.15) is 6.92 Å². The van der Waals surface area contributed by atoms with Gasteiger partial charge in [-0.25, -0.2) is 26.3 Å². The first-order chi connectivity index (χ1) is 9.46. The highest BCUT2D eigenvalue weighted by atomic mass is 32.2. The van der Waals surface area contributed by atoms with E-state index in [-0.39, 0.29) is 6.54 Å². The maximum Gasteiger partial charge on any atom is 0.243 e. The molecule has 21 heavy (non-hydrogen) atoms.